The molecule has 0 aromatic heterocycles. The third kappa shape index (κ3) is 3.48. The van der Waals surface area contributed by atoms with Crippen LogP contribution in [0.25, 0.3) is 10.8 Å². The van der Waals surface area contributed by atoms with E-state index in [4.69, 9.17) is 5.73 Å². The lowest BCUT2D eigenvalue weighted by Gasteiger charge is -2.22. The predicted molar refractivity (Wildman–Crippen MR) is 83.8 cm³/mol. The molecule has 0 aliphatic rings. The van der Waals surface area contributed by atoms with E-state index in [1.54, 1.807) is 0 Å². The predicted octanol–water partition coefficient (Wildman–Crippen LogP) is 2.95. The highest BCUT2D eigenvalue weighted by molar-refractivity contribution is 6.01. The second-order valence-corrected chi connectivity index (χ2v) is 5.70. The average Bonchev–Trinajstić information content (AvgIpc) is 2.46. The summed E-state index contributed by atoms with van der Waals surface area (Å²) in [5, 5.41) is 7.88. The van der Waals surface area contributed by atoms with Crippen molar-refractivity contribution in [1.82, 2.24) is 5.32 Å². The van der Waals surface area contributed by atoms with Crippen molar-refractivity contribution in [2.24, 2.45) is 11.1 Å². The first-order valence-corrected chi connectivity index (χ1v) is 6.74. The van der Waals surface area contributed by atoms with Gasteiger partial charge in [-0.15, -0.1) is 0 Å². The number of carbonyl (C=O) groups is 1. The van der Waals surface area contributed by atoms with Crippen LogP contribution in [0.5, 0.6) is 0 Å². The summed E-state index contributed by atoms with van der Waals surface area (Å²) in [6.45, 7) is 5.11. The Kier molecular flexibility index (Phi) is 4.25. The highest BCUT2D eigenvalue weighted by Crippen LogP contribution is 2.22. The van der Waals surface area contributed by atoms with Crippen LogP contribution in [0.3, 0.4) is 0 Å². The van der Waals surface area contributed by atoms with Crippen LogP contribution in [-0.4, -0.2) is 19.1 Å². The van der Waals surface area contributed by atoms with Crippen LogP contribution in [0.4, 0.5) is 10.5 Å². The molecule has 0 saturated heterocycles. The van der Waals surface area contributed by atoms with Crippen molar-refractivity contribution in [1.29, 1.82) is 0 Å². The SMILES string of the molecule is CC(C)(CN)CNC(=O)Nc1cccc2ccccc12. The molecule has 0 saturated carbocycles. The Morgan fingerprint density at radius 2 is 1.85 bits per heavy atom. The molecule has 106 valence electrons. The first-order valence-electron chi connectivity index (χ1n) is 6.74. The van der Waals surface area contributed by atoms with Crippen LogP contribution in [-0.2, 0) is 0 Å². The number of hydrogen-bond acceptors (Lipinski definition) is 2. The number of benzene rings is 2. The molecule has 2 amide bonds. The van der Waals surface area contributed by atoms with Gasteiger partial charge in [0.05, 0.1) is 5.69 Å². The summed E-state index contributed by atoms with van der Waals surface area (Å²) in [6.07, 6.45) is 0. The highest BCUT2D eigenvalue weighted by atomic mass is 16.2. The number of nitrogens with one attached hydrogen (secondary N) is 2. The molecule has 4 N–H and O–H groups in total. The molecular formula is C16H21N3O. The number of hydrogen-bond donors (Lipinski definition) is 3. The molecule has 0 fully saturated rings. The van der Waals surface area contributed by atoms with E-state index in [0.717, 1.165) is 16.5 Å². The third-order valence-electron chi connectivity index (χ3n) is 3.32. The van der Waals surface area contributed by atoms with Crippen molar-refractivity contribution in [2.75, 3.05) is 18.4 Å². The van der Waals surface area contributed by atoms with Gasteiger partial charge < -0.3 is 16.4 Å². The molecule has 0 atom stereocenters. The lowest BCUT2D eigenvalue weighted by Crippen LogP contribution is -2.40. The minimum Gasteiger partial charge on any atom is -0.337 e. The Labute approximate surface area is 119 Å². The standard InChI is InChI=1S/C16H21N3O/c1-16(2,10-17)11-18-15(20)19-14-9-5-7-12-6-3-4-8-13(12)14/h3-9H,10-11,17H2,1-2H3,(H2,18,19,20). The summed E-state index contributed by atoms with van der Waals surface area (Å²) < 4.78 is 0. The normalized spacial score (nSPS) is 11.3. The van der Waals surface area contributed by atoms with Gasteiger partial charge in [0.25, 0.3) is 0 Å². The van der Waals surface area contributed by atoms with Gasteiger partial charge in [-0.25, -0.2) is 4.79 Å². The van der Waals surface area contributed by atoms with Crippen LogP contribution in [0.15, 0.2) is 42.5 Å². The van der Waals surface area contributed by atoms with Crippen molar-refractivity contribution < 1.29 is 4.79 Å². The molecule has 0 aliphatic carbocycles. The maximum Gasteiger partial charge on any atom is 0.319 e. The van der Waals surface area contributed by atoms with Crippen molar-refractivity contribution in [2.45, 2.75) is 13.8 Å². The van der Waals surface area contributed by atoms with E-state index in [1.165, 1.54) is 0 Å². The van der Waals surface area contributed by atoms with Crippen LogP contribution >= 0.6 is 0 Å². The van der Waals surface area contributed by atoms with Crippen molar-refractivity contribution in [3.05, 3.63) is 42.5 Å². The van der Waals surface area contributed by atoms with E-state index in [9.17, 15) is 4.79 Å². The average molecular weight is 271 g/mol. The van der Waals surface area contributed by atoms with Crippen LogP contribution < -0.4 is 16.4 Å². The second-order valence-electron chi connectivity index (χ2n) is 5.70. The molecule has 0 unspecified atom stereocenters. The maximum absolute atomic E-state index is 12.0. The van der Waals surface area contributed by atoms with Crippen molar-refractivity contribution in [3.8, 4) is 0 Å². The minimum absolute atomic E-state index is 0.101. The van der Waals surface area contributed by atoms with E-state index < -0.39 is 0 Å². The fraction of sp³-hybridized carbons (Fsp3) is 0.312. The molecule has 0 spiro atoms. The van der Waals surface area contributed by atoms with Crippen molar-refractivity contribution >= 4 is 22.5 Å². The van der Waals surface area contributed by atoms with Gasteiger partial charge in [-0.05, 0) is 23.4 Å². The quantitative estimate of drug-likeness (QED) is 0.800. The summed E-state index contributed by atoms with van der Waals surface area (Å²) >= 11 is 0. The smallest absolute Gasteiger partial charge is 0.319 e. The summed E-state index contributed by atoms with van der Waals surface area (Å²) in [4.78, 5) is 12.0. The number of amides is 2. The molecule has 20 heavy (non-hydrogen) atoms. The first kappa shape index (κ1) is 14.3. The van der Waals surface area contributed by atoms with Gasteiger partial charge in [0.2, 0.25) is 0 Å². The lowest BCUT2D eigenvalue weighted by molar-refractivity contribution is 0.245. The molecular weight excluding hydrogens is 250 g/mol. The fourth-order valence-corrected chi connectivity index (χ4v) is 1.89. The zero-order valence-corrected chi connectivity index (χ0v) is 11.9. The molecule has 4 heteroatoms. The second kappa shape index (κ2) is 5.92. The summed E-state index contributed by atoms with van der Waals surface area (Å²) in [6, 6.07) is 13.6. The van der Waals surface area contributed by atoms with Crippen LogP contribution in [0.1, 0.15) is 13.8 Å². The monoisotopic (exact) mass is 271 g/mol. The van der Waals surface area contributed by atoms with E-state index in [1.807, 2.05) is 56.3 Å². The number of carbonyl (C=O) groups excluding carboxylic acids is 1. The molecule has 4 nitrogen and oxygen atoms in total. The molecule has 2 rings (SSSR count). The fourth-order valence-electron chi connectivity index (χ4n) is 1.89. The Bertz CT molecular complexity index is 602. The van der Waals surface area contributed by atoms with Crippen LogP contribution in [0.2, 0.25) is 0 Å². The van der Waals surface area contributed by atoms with Crippen LogP contribution in [0, 0.1) is 5.41 Å². The number of nitrogens with two attached hydrogens (primary N) is 1. The topological polar surface area (TPSA) is 67.1 Å². The van der Waals surface area contributed by atoms with E-state index in [2.05, 4.69) is 10.6 Å². The number of rotatable bonds is 4. The van der Waals surface area contributed by atoms with Gasteiger partial charge in [0, 0.05) is 11.9 Å². The largest absolute Gasteiger partial charge is 0.337 e. The zero-order valence-electron chi connectivity index (χ0n) is 11.9. The Hall–Kier alpha value is -2.07. The Morgan fingerprint density at radius 1 is 1.15 bits per heavy atom. The molecule has 0 aliphatic heterocycles. The van der Waals surface area contributed by atoms with Gasteiger partial charge in [-0.2, -0.15) is 0 Å². The molecule has 2 aromatic carbocycles. The molecule has 0 heterocycles. The van der Waals surface area contributed by atoms with Gasteiger partial charge >= 0.3 is 6.03 Å². The number of fused-ring (bicyclic) bond motifs is 1. The minimum atomic E-state index is -0.206. The lowest BCUT2D eigenvalue weighted by atomic mass is 9.94. The summed E-state index contributed by atoms with van der Waals surface area (Å²) in [7, 11) is 0. The van der Waals surface area contributed by atoms with Crippen molar-refractivity contribution in [3.63, 3.8) is 0 Å². The zero-order chi connectivity index (χ0) is 14.6. The van der Waals surface area contributed by atoms with Gasteiger partial charge in [0.1, 0.15) is 0 Å². The van der Waals surface area contributed by atoms with E-state index in [-0.39, 0.29) is 11.4 Å². The third-order valence-corrected chi connectivity index (χ3v) is 3.32. The molecule has 0 bridgehead atoms. The molecule has 2 aromatic rings. The number of anilines is 1. The van der Waals surface area contributed by atoms with Gasteiger partial charge in [-0.3, -0.25) is 0 Å². The highest BCUT2D eigenvalue weighted by Gasteiger charge is 2.16. The van der Waals surface area contributed by atoms with E-state index >= 15 is 0 Å². The van der Waals surface area contributed by atoms with Gasteiger partial charge in [-0.1, -0.05) is 50.2 Å². The number of urea groups is 1. The molecule has 0 radical (unpaired) electrons. The summed E-state index contributed by atoms with van der Waals surface area (Å²) in [5.74, 6) is 0. The Balaban J connectivity index is 2.07. The Morgan fingerprint density at radius 3 is 2.60 bits per heavy atom. The first-order chi connectivity index (χ1) is 9.52. The summed E-state index contributed by atoms with van der Waals surface area (Å²) in [5.41, 5.74) is 6.36. The van der Waals surface area contributed by atoms with Gasteiger partial charge in [0.15, 0.2) is 0 Å². The maximum atomic E-state index is 12.0. The van der Waals surface area contributed by atoms with E-state index in [0.29, 0.717) is 13.1 Å².